The van der Waals surface area contributed by atoms with Crippen LogP contribution in [-0.4, -0.2) is 4.57 Å². The standard InChI is InChI=1S/C42H25NOS/c1-2-10-26(11-3-1)27-20-22-30-35-24-28(29-14-8-16-34-32-13-5-7-19-40(32)45-42(29)34)21-23-36(35)43(38(30)25-27)37-17-9-15-33-31-12-4-6-18-39(31)44-41(33)37/h1-25H. The second-order valence-electron chi connectivity index (χ2n) is 11.7. The van der Waals surface area contributed by atoms with Gasteiger partial charge in [-0.05, 0) is 58.7 Å². The maximum absolute atomic E-state index is 6.57. The van der Waals surface area contributed by atoms with Crippen LogP contribution in [0.5, 0.6) is 0 Å². The maximum atomic E-state index is 6.57. The summed E-state index contributed by atoms with van der Waals surface area (Å²) in [5.41, 5.74) is 10.1. The molecular formula is C42H25NOS. The van der Waals surface area contributed by atoms with Crippen LogP contribution in [0.3, 0.4) is 0 Å². The highest BCUT2D eigenvalue weighted by molar-refractivity contribution is 7.26. The second-order valence-corrected chi connectivity index (χ2v) is 12.8. The molecule has 0 saturated heterocycles. The molecule has 0 bridgehead atoms. The molecule has 0 fully saturated rings. The zero-order valence-electron chi connectivity index (χ0n) is 24.2. The number of para-hydroxylation sites is 2. The van der Waals surface area contributed by atoms with E-state index in [9.17, 15) is 0 Å². The summed E-state index contributed by atoms with van der Waals surface area (Å²) >= 11 is 1.88. The quantitative estimate of drug-likeness (QED) is 0.200. The molecule has 45 heavy (non-hydrogen) atoms. The number of benzene rings is 7. The number of fused-ring (bicyclic) bond motifs is 9. The smallest absolute Gasteiger partial charge is 0.159 e. The molecule has 2 nitrogen and oxygen atoms in total. The highest BCUT2D eigenvalue weighted by atomic mass is 32.1. The van der Waals surface area contributed by atoms with E-state index in [0.717, 1.165) is 38.7 Å². The minimum absolute atomic E-state index is 0.904. The van der Waals surface area contributed by atoms with Gasteiger partial charge in [-0.2, -0.15) is 0 Å². The summed E-state index contributed by atoms with van der Waals surface area (Å²) in [6.07, 6.45) is 0. The average molecular weight is 592 g/mol. The van der Waals surface area contributed by atoms with Gasteiger partial charge in [0.05, 0.1) is 16.7 Å². The Labute approximate surface area is 263 Å². The molecule has 0 aliphatic heterocycles. The largest absolute Gasteiger partial charge is 0.454 e. The first-order valence-electron chi connectivity index (χ1n) is 15.3. The van der Waals surface area contributed by atoms with Gasteiger partial charge in [0.1, 0.15) is 5.58 Å². The van der Waals surface area contributed by atoms with Crippen molar-refractivity contribution in [3.05, 3.63) is 152 Å². The van der Waals surface area contributed by atoms with Gasteiger partial charge in [-0.25, -0.2) is 0 Å². The second kappa shape index (κ2) is 9.43. The van der Waals surface area contributed by atoms with Gasteiger partial charge >= 0.3 is 0 Å². The van der Waals surface area contributed by atoms with Crippen LogP contribution >= 0.6 is 11.3 Å². The molecule has 3 heterocycles. The van der Waals surface area contributed by atoms with Crippen molar-refractivity contribution in [3.8, 4) is 27.9 Å². The molecule has 3 heteroatoms. The van der Waals surface area contributed by atoms with E-state index in [1.807, 2.05) is 17.4 Å². The van der Waals surface area contributed by atoms with Crippen LogP contribution in [0.15, 0.2) is 156 Å². The minimum Gasteiger partial charge on any atom is -0.454 e. The number of hydrogen-bond acceptors (Lipinski definition) is 2. The van der Waals surface area contributed by atoms with E-state index >= 15 is 0 Å². The Kier molecular flexibility index (Phi) is 5.19. The fraction of sp³-hybridized carbons (Fsp3) is 0. The third kappa shape index (κ3) is 3.62. The van der Waals surface area contributed by atoms with Crippen molar-refractivity contribution in [2.24, 2.45) is 0 Å². The predicted octanol–water partition coefficient (Wildman–Crippen LogP) is 12.4. The van der Waals surface area contributed by atoms with E-state index in [2.05, 4.69) is 150 Å². The Morgan fingerprint density at radius 1 is 0.444 bits per heavy atom. The number of nitrogens with zero attached hydrogens (tertiary/aromatic N) is 1. The van der Waals surface area contributed by atoms with Gasteiger partial charge in [0.25, 0.3) is 0 Å². The Morgan fingerprint density at radius 3 is 2.13 bits per heavy atom. The van der Waals surface area contributed by atoms with Gasteiger partial charge in [0.15, 0.2) is 5.58 Å². The van der Waals surface area contributed by atoms with E-state index in [1.165, 1.54) is 53.2 Å². The summed E-state index contributed by atoms with van der Waals surface area (Å²) in [6.45, 7) is 0. The highest BCUT2D eigenvalue weighted by Gasteiger charge is 2.19. The van der Waals surface area contributed by atoms with Gasteiger partial charge in [0, 0.05) is 41.7 Å². The number of rotatable bonds is 3. The van der Waals surface area contributed by atoms with E-state index in [-0.39, 0.29) is 0 Å². The lowest BCUT2D eigenvalue weighted by molar-refractivity contribution is 0.666. The van der Waals surface area contributed by atoms with E-state index in [4.69, 9.17) is 4.42 Å². The fourth-order valence-corrected chi connectivity index (χ4v) is 8.38. The van der Waals surface area contributed by atoms with Gasteiger partial charge < -0.3 is 8.98 Å². The Morgan fingerprint density at radius 2 is 1.20 bits per heavy atom. The predicted molar refractivity (Wildman–Crippen MR) is 192 cm³/mol. The number of hydrogen-bond donors (Lipinski definition) is 0. The topological polar surface area (TPSA) is 18.1 Å². The van der Waals surface area contributed by atoms with Gasteiger partial charge in [0.2, 0.25) is 0 Å². The molecule has 0 spiro atoms. The van der Waals surface area contributed by atoms with Crippen molar-refractivity contribution >= 4 is 75.3 Å². The van der Waals surface area contributed by atoms with Crippen LogP contribution in [0.25, 0.3) is 91.9 Å². The van der Waals surface area contributed by atoms with Gasteiger partial charge in [-0.15, -0.1) is 11.3 Å². The van der Waals surface area contributed by atoms with E-state index in [0.29, 0.717) is 0 Å². The molecular weight excluding hydrogens is 567 g/mol. The molecule has 0 aliphatic carbocycles. The molecule has 0 radical (unpaired) electrons. The molecule has 10 rings (SSSR count). The summed E-state index contributed by atoms with van der Waals surface area (Å²) in [5, 5.41) is 7.37. The fourth-order valence-electron chi connectivity index (χ4n) is 7.14. The van der Waals surface area contributed by atoms with E-state index < -0.39 is 0 Å². The summed E-state index contributed by atoms with van der Waals surface area (Å²) in [7, 11) is 0. The van der Waals surface area contributed by atoms with Crippen LogP contribution in [0.4, 0.5) is 0 Å². The molecule has 0 N–H and O–H groups in total. The number of thiophene rings is 1. The molecule has 0 aliphatic rings. The van der Waals surface area contributed by atoms with Crippen molar-refractivity contribution in [1.82, 2.24) is 4.57 Å². The van der Waals surface area contributed by atoms with Crippen molar-refractivity contribution < 1.29 is 4.42 Å². The summed E-state index contributed by atoms with van der Waals surface area (Å²) < 4.78 is 11.6. The van der Waals surface area contributed by atoms with Gasteiger partial charge in [-0.1, -0.05) is 115 Å². The van der Waals surface area contributed by atoms with Crippen molar-refractivity contribution in [1.29, 1.82) is 0 Å². The normalized spacial score (nSPS) is 12.0. The molecule has 10 aromatic rings. The van der Waals surface area contributed by atoms with Crippen LogP contribution in [0, 0.1) is 0 Å². The maximum Gasteiger partial charge on any atom is 0.159 e. The molecule has 0 saturated carbocycles. The number of furan rings is 1. The Balaban J connectivity index is 1.28. The van der Waals surface area contributed by atoms with Crippen LogP contribution in [0.2, 0.25) is 0 Å². The van der Waals surface area contributed by atoms with Crippen molar-refractivity contribution in [2.45, 2.75) is 0 Å². The first-order chi connectivity index (χ1) is 22.3. The lowest BCUT2D eigenvalue weighted by atomic mass is 10.00. The highest BCUT2D eigenvalue weighted by Crippen LogP contribution is 2.43. The zero-order chi connectivity index (χ0) is 29.5. The first-order valence-corrected chi connectivity index (χ1v) is 16.1. The Hall–Kier alpha value is -5.64. The van der Waals surface area contributed by atoms with Crippen molar-refractivity contribution in [2.75, 3.05) is 0 Å². The van der Waals surface area contributed by atoms with Crippen LogP contribution < -0.4 is 0 Å². The zero-order valence-corrected chi connectivity index (χ0v) is 25.0. The molecule has 0 amide bonds. The third-order valence-electron chi connectivity index (χ3n) is 9.21. The lowest BCUT2D eigenvalue weighted by Gasteiger charge is -2.10. The summed E-state index contributed by atoms with van der Waals surface area (Å²) in [4.78, 5) is 0. The SMILES string of the molecule is c1ccc(-c2ccc3c4cc(-c5cccc6c5sc5ccccc56)ccc4n(-c4cccc5c4oc4ccccc45)c3c2)cc1. The molecule has 210 valence electrons. The molecule has 0 atom stereocenters. The van der Waals surface area contributed by atoms with Crippen molar-refractivity contribution in [3.63, 3.8) is 0 Å². The van der Waals surface area contributed by atoms with Gasteiger partial charge in [-0.3, -0.25) is 0 Å². The minimum atomic E-state index is 0.904. The van der Waals surface area contributed by atoms with Crippen LogP contribution in [-0.2, 0) is 0 Å². The molecule has 7 aromatic carbocycles. The average Bonchev–Trinajstić information content (AvgIpc) is 3.77. The first kappa shape index (κ1) is 24.8. The molecule has 0 unspecified atom stereocenters. The third-order valence-corrected chi connectivity index (χ3v) is 10.4. The van der Waals surface area contributed by atoms with E-state index in [1.54, 1.807) is 0 Å². The molecule has 3 aromatic heterocycles. The number of aromatic nitrogens is 1. The van der Waals surface area contributed by atoms with Crippen LogP contribution in [0.1, 0.15) is 0 Å². The Bertz CT molecular complexity index is 2760. The summed E-state index contributed by atoms with van der Waals surface area (Å²) in [5.74, 6) is 0. The summed E-state index contributed by atoms with van der Waals surface area (Å²) in [6, 6.07) is 54.7. The monoisotopic (exact) mass is 591 g/mol. The lowest BCUT2D eigenvalue weighted by Crippen LogP contribution is -1.94.